The average molecular weight is 267 g/mol. The maximum atomic E-state index is 12.1. The number of hydrogen-bond donors (Lipinski definition) is 0. The molecule has 2 aromatic rings. The zero-order valence-electron chi connectivity index (χ0n) is 11.7. The van der Waals surface area contributed by atoms with Crippen LogP contribution in [0, 0.1) is 0 Å². The van der Waals surface area contributed by atoms with Crippen LogP contribution in [0.5, 0.6) is 5.75 Å². The fraction of sp³-hybridized carbons (Fsp3) is 0.235. The number of benzene rings is 2. The minimum absolute atomic E-state index is 0.0847. The molecule has 0 bridgehead atoms. The summed E-state index contributed by atoms with van der Waals surface area (Å²) >= 11 is 0. The van der Waals surface area contributed by atoms with Crippen LogP contribution in [0.15, 0.2) is 48.5 Å². The first-order chi connectivity index (χ1) is 9.65. The Labute approximate surface area is 118 Å². The van der Waals surface area contributed by atoms with Crippen molar-refractivity contribution in [3.8, 4) is 16.9 Å². The Morgan fingerprint density at radius 3 is 2.60 bits per heavy atom. The maximum absolute atomic E-state index is 12.1. The van der Waals surface area contributed by atoms with Crippen molar-refractivity contribution in [3.05, 3.63) is 48.5 Å². The third-order valence-electron chi connectivity index (χ3n) is 3.59. The molecule has 0 spiro atoms. The second-order valence-electron chi connectivity index (χ2n) is 5.13. The van der Waals surface area contributed by atoms with Crippen molar-refractivity contribution >= 4 is 11.6 Å². The van der Waals surface area contributed by atoms with Gasteiger partial charge in [-0.2, -0.15) is 0 Å². The molecule has 0 N–H and O–H groups in total. The smallest absolute Gasteiger partial charge is 0.230 e. The molecule has 1 heterocycles. The number of carbonyl (C=O) groups excluding carboxylic acids is 1. The van der Waals surface area contributed by atoms with Crippen molar-refractivity contribution in [3.63, 3.8) is 0 Å². The summed E-state index contributed by atoms with van der Waals surface area (Å²) in [5.41, 5.74) is 3.05. The fourth-order valence-corrected chi connectivity index (χ4v) is 2.46. The van der Waals surface area contributed by atoms with E-state index in [9.17, 15) is 4.79 Å². The zero-order valence-corrected chi connectivity index (χ0v) is 11.7. The van der Waals surface area contributed by atoms with Gasteiger partial charge in [-0.15, -0.1) is 0 Å². The van der Waals surface area contributed by atoms with E-state index in [4.69, 9.17) is 4.74 Å². The third-order valence-corrected chi connectivity index (χ3v) is 3.59. The molecule has 3 heteroatoms. The van der Waals surface area contributed by atoms with Gasteiger partial charge in [-0.05, 0) is 30.2 Å². The monoisotopic (exact) mass is 267 g/mol. The number of carbonyl (C=O) groups is 1. The summed E-state index contributed by atoms with van der Waals surface area (Å²) in [6.07, 6.45) is 0.319. The molecule has 0 fully saturated rings. The molecule has 0 aromatic heterocycles. The first kappa shape index (κ1) is 12.7. The number of fused-ring (bicyclic) bond motifs is 1. The van der Waals surface area contributed by atoms with Gasteiger partial charge in [-0.3, -0.25) is 4.79 Å². The molecule has 1 aliphatic rings. The van der Waals surface area contributed by atoms with E-state index < -0.39 is 0 Å². The predicted octanol–water partition coefficient (Wildman–Crippen LogP) is 3.49. The number of hydrogen-bond acceptors (Lipinski definition) is 2. The Morgan fingerprint density at radius 1 is 1.10 bits per heavy atom. The van der Waals surface area contributed by atoms with E-state index in [1.165, 1.54) is 0 Å². The quantitative estimate of drug-likeness (QED) is 0.791. The summed E-state index contributed by atoms with van der Waals surface area (Å²) in [6, 6.07) is 16.1. The van der Waals surface area contributed by atoms with Gasteiger partial charge in [0.1, 0.15) is 11.9 Å². The van der Waals surface area contributed by atoms with Crippen molar-refractivity contribution < 1.29 is 9.53 Å². The van der Waals surface area contributed by atoms with Crippen LogP contribution >= 0.6 is 0 Å². The molecule has 1 atom stereocenters. The van der Waals surface area contributed by atoms with E-state index in [2.05, 4.69) is 12.1 Å². The molecule has 0 aliphatic carbocycles. The number of ether oxygens (including phenoxy) is 1. The first-order valence-electron chi connectivity index (χ1n) is 6.78. The molecular weight excluding hydrogens is 250 g/mol. The van der Waals surface area contributed by atoms with E-state index in [0.29, 0.717) is 6.42 Å². The van der Waals surface area contributed by atoms with Gasteiger partial charge in [0.05, 0.1) is 12.1 Å². The molecule has 0 saturated carbocycles. The minimum Gasteiger partial charge on any atom is -0.488 e. The summed E-state index contributed by atoms with van der Waals surface area (Å²) in [7, 11) is 1.80. The Bertz CT molecular complexity index is 637. The molecule has 102 valence electrons. The molecule has 1 unspecified atom stereocenters. The molecule has 1 aliphatic heterocycles. The number of amides is 1. The number of anilines is 1. The van der Waals surface area contributed by atoms with Crippen molar-refractivity contribution in [2.75, 3.05) is 11.9 Å². The second kappa shape index (κ2) is 5.00. The van der Waals surface area contributed by atoms with E-state index >= 15 is 0 Å². The average Bonchev–Trinajstić information content (AvgIpc) is 2.57. The third kappa shape index (κ3) is 2.27. The largest absolute Gasteiger partial charge is 0.488 e. The summed E-state index contributed by atoms with van der Waals surface area (Å²) in [4.78, 5) is 13.8. The van der Waals surface area contributed by atoms with Crippen LogP contribution < -0.4 is 9.64 Å². The standard InChI is InChI=1S/C17H17NO2/c1-12-10-17(19)18(2)15-11-14(8-9-16(15)20-12)13-6-4-3-5-7-13/h3-9,11-12H,10H2,1-2H3. The highest BCUT2D eigenvalue weighted by Gasteiger charge is 2.24. The summed E-state index contributed by atoms with van der Waals surface area (Å²) < 4.78 is 5.83. The highest BCUT2D eigenvalue weighted by Crippen LogP contribution is 2.36. The van der Waals surface area contributed by atoms with Gasteiger partial charge < -0.3 is 9.64 Å². The zero-order chi connectivity index (χ0) is 14.1. The van der Waals surface area contributed by atoms with E-state index in [1.54, 1.807) is 11.9 Å². The van der Waals surface area contributed by atoms with Crippen LogP contribution in [0.4, 0.5) is 5.69 Å². The van der Waals surface area contributed by atoms with E-state index in [-0.39, 0.29) is 12.0 Å². The van der Waals surface area contributed by atoms with Gasteiger partial charge in [-0.25, -0.2) is 0 Å². The lowest BCUT2D eigenvalue weighted by atomic mass is 10.0. The van der Waals surface area contributed by atoms with E-state index in [1.807, 2.05) is 43.3 Å². The Morgan fingerprint density at radius 2 is 1.85 bits per heavy atom. The predicted molar refractivity (Wildman–Crippen MR) is 80.0 cm³/mol. The molecule has 20 heavy (non-hydrogen) atoms. The van der Waals surface area contributed by atoms with E-state index in [0.717, 1.165) is 22.6 Å². The number of nitrogens with zero attached hydrogens (tertiary/aromatic N) is 1. The minimum atomic E-state index is -0.0891. The summed E-state index contributed by atoms with van der Waals surface area (Å²) in [5.74, 6) is 0.854. The van der Waals surface area contributed by atoms with Crippen LogP contribution in [-0.4, -0.2) is 19.1 Å². The van der Waals surface area contributed by atoms with Gasteiger partial charge in [-0.1, -0.05) is 36.4 Å². The molecule has 1 amide bonds. The van der Waals surface area contributed by atoms with Crippen molar-refractivity contribution in [1.29, 1.82) is 0 Å². The lowest BCUT2D eigenvalue weighted by molar-refractivity contribution is -0.119. The SMILES string of the molecule is CC1CC(=O)N(C)c2cc(-c3ccccc3)ccc2O1. The Hall–Kier alpha value is -2.29. The molecule has 0 radical (unpaired) electrons. The van der Waals surface area contributed by atoms with Crippen LogP contribution in [0.3, 0.4) is 0 Å². The van der Waals surface area contributed by atoms with Crippen molar-refractivity contribution in [2.45, 2.75) is 19.4 Å². The Balaban J connectivity index is 2.08. The second-order valence-corrected chi connectivity index (χ2v) is 5.13. The fourth-order valence-electron chi connectivity index (χ4n) is 2.46. The molecular formula is C17H17NO2. The normalized spacial score (nSPS) is 18.2. The summed E-state index contributed by atoms with van der Waals surface area (Å²) in [6.45, 7) is 1.92. The van der Waals surface area contributed by atoms with Crippen molar-refractivity contribution in [1.82, 2.24) is 0 Å². The topological polar surface area (TPSA) is 29.5 Å². The van der Waals surface area contributed by atoms with Gasteiger partial charge in [0.2, 0.25) is 5.91 Å². The lowest BCUT2D eigenvalue weighted by Gasteiger charge is -2.17. The van der Waals surface area contributed by atoms with Gasteiger partial charge in [0, 0.05) is 7.05 Å². The number of rotatable bonds is 1. The van der Waals surface area contributed by atoms with Crippen molar-refractivity contribution in [2.24, 2.45) is 0 Å². The van der Waals surface area contributed by atoms with Crippen LogP contribution in [0.1, 0.15) is 13.3 Å². The lowest BCUT2D eigenvalue weighted by Crippen LogP contribution is -2.27. The Kier molecular flexibility index (Phi) is 3.18. The van der Waals surface area contributed by atoms with Gasteiger partial charge >= 0.3 is 0 Å². The maximum Gasteiger partial charge on any atom is 0.230 e. The van der Waals surface area contributed by atoms with Crippen LogP contribution in [0.2, 0.25) is 0 Å². The van der Waals surface area contributed by atoms with Gasteiger partial charge in [0.15, 0.2) is 0 Å². The van der Waals surface area contributed by atoms with Crippen LogP contribution in [0.25, 0.3) is 11.1 Å². The van der Waals surface area contributed by atoms with Gasteiger partial charge in [0.25, 0.3) is 0 Å². The highest BCUT2D eigenvalue weighted by atomic mass is 16.5. The molecule has 3 nitrogen and oxygen atoms in total. The molecule has 3 rings (SSSR count). The molecule has 2 aromatic carbocycles. The summed E-state index contributed by atoms with van der Waals surface area (Å²) in [5, 5.41) is 0. The highest BCUT2D eigenvalue weighted by molar-refractivity contribution is 5.96. The van der Waals surface area contributed by atoms with Crippen LogP contribution in [-0.2, 0) is 4.79 Å². The molecule has 0 saturated heterocycles. The first-order valence-corrected chi connectivity index (χ1v) is 6.78.